The highest BCUT2D eigenvalue weighted by Gasteiger charge is 2.17. The molecule has 0 radical (unpaired) electrons. The molecule has 3 aromatic rings. The van der Waals surface area contributed by atoms with Gasteiger partial charge in [-0.15, -0.1) is 0 Å². The molecule has 6 nitrogen and oxygen atoms in total. The fraction of sp³-hybridized carbons (Fsp3) is 0.211. The molecule has 0 atom stereocenters. The Balaban J connectivity index is 1.72. The number of allylic oxidation sites excluding steroid dienone is 1. The van der Waals surface area contributed by atoms with Crippen molar-refractivity contribution in [1.29, 1.82) is 0 Å². The Kier molecular flexibility index (Phi) is 3.72. The third-order valence-electron chi connectivity index (χ3n) is 4.24. The third-order valence-corrected chi connectivity index (χ3v) is 4.24. The van der Waals surface area contributed by atoms with Crippen molar-refractivity contribution in [2.24, 2.45) is 4.99 Å². The van der Waals surface area contributed by atoms with Crippen LogP contribution in [0.25, 0.3) is 11.2 Å². The number of rotatable bonds is 4. The third kappa shape index (κ3) is 2.98. The molecular formula is C19H17N5O. The SMILES string of the molecule is CC1=NCC(c2cc(C(=O)Cc3ccc(C)cn3)c3ncnn3c2)=C1. The topological polar surface area (TPSA) is 72.5 Å². The first-order valence-electron chi connectivity index (χ1n) is 8.10. The summed E-state index contributed by atoms with van der Waals surface area (Å²) in [5.74, 6) is -0.0209. The van der Waals surface area contributed by atoms with Crippen molar-refractivity contribution in [1.82, 2.24) is 19.6 Å². The molecule has 4 heterocycles. The van der Waals surface area contributed by atoms with Crippen LogP contribution in [0.1, 0.15) is 34.1 Å². The molecule has 0 saturated carbocycles. The van der Waals surface area contributed by atoms with Crippen molar-refractivity contribution in [2.75, 3.05) is 6.54 Å². The first kappa shape index (κ1) is 15.4. The van der Waals surface area contributed by atoms with Crippen molar-refractivity contribution >= 4 is 22.7 Å². The van der Waals surface area contributed by atoms with Crippen molar-refractivity contribution < 1.29 is 4.79 Å². The van der Waals surface area contributed by atoms with Crippen molar-refractivity contribution in [2.45, 2.75) is 20.3 Å². The first-order valence-corrected chi connectivity index (χ1v) is 8.10. The van der Waals surface area contributed by atoms with E-state index in [1.165, 1.54) is 6.33 Å². The van der Waals surface area contributed by atoms with Gasteiger partial charge in [-0.25, -0.2) is 9.50 Å². The van der Waals surface area contributed by atoms with Crippen molar-refractivity contribution in [3.05, 3.63) is 65.4 Å². The second kappa shape index (κ2) is 6.05. The number of ketones is 1. The number of aliphatic imine (C=N–C) groups is 1. The summed E-state index contributed by atoms with van der Waals surface area (Å²) in [6.45, 7) is 4.57. The molecular weight excluding hydrogens is 314 g/mol. The zero-order valence-electron chi connectivity index (χ0n) is 14.1. The van der Waals surface area contributed by atoms with Crippen LogP contribution < -0.4 is 0 Å². The molecule has 1 aliphatic heterocycles. The minimum atomic E-state index is -0.0209. The number of fused-ring (bicyclic) bond motifs is 1. The number of hydrogen-bond donors (Lipinski definition) is 0. The largest absolute Gasteiger partial charge is 0.294 e. The van der Waals surface area contributed by atoms with E-state index in [9.17, 15) is 4.79 Å². The number of pyridine rings is 2. The molecule has 0 fully saturated rings. The van der Waals surface area contributed by atoms with Gasteiger partial charge >= 0.3 is 0 Å². The van der Waals surface area contributed by atoms with E-state index in [-0.39, 0.29) is 12.2 Å². The number of carbonyl (C=O) groups excluding carboxylic acids is 1. The zero-order chi connectivity index (χ0) is 17.4. The summed E-state index contributed by atoms with van der Waals surface area (Å²) in [5, 5.41) is 4.20. The van der Waals surface area contributed by atoms with Crippen LogP contribution in [-0.2, 0) is 6.42 Å². The molecule has 0 unspecified atom stereocenters. The van der Waals surface area contributed by atoms with Crippen LogP contribution in [0.15, 0.2) is 48.0 Å². The second-order valence-corrected chi connectivity index (χ2v) is 6.22. The Hall–Kier alpha value is -3.15. The monoisotopic (exact) mass is 331 g/mol. The van der Waals surface area contributed by atoms with Crippen LogP contribution in [0.3, 0.4) is 0 Å². The predicted molar refractivity (Wildman–Crippen MR) is 95.9 cm³/mol. The molecule has 0 aliphatic carbocycles. The van der Waals surface area contributed by atoms with E-state index in [4.69, 9.17) is 0 Å². The summed E-state index contributed by atoms with van der Waals surface area (Å²) in [4.78, 5) is 25.8. The standard InChI is InChI=1S/C19H17N5O/c1-12-3-4-16(21-8-12)7-18(25)17-6-15(14-5-13(2)20-9-14)10-24-19(17)22-11-23-24/h3-6,8,10-11H,7,9H2,1-2H3. The number of hydrogen-bond acceptors (Lipinski definition) is 5. The Morgan fingerprint density at radius 3 is 2.84 bits per heavy atom. The maximum Gasteiger partial charge on any atom is 0.172 e. The molecule has 0 amide bonds. The minimum absolute atomic E-state index is 0.0209. The Morgan fingerprint density at radius 2 is 2.12 bits per heavy atom. The molecule has 0 aromatic carbocycles. The average Bonchev–Trinajstić information content (AvgIpc) is 3.24. The summed E-state index contributed by atoms with van der Waals surface area (Å²) >= 11 is 0. The van der Waals surface area contributed by atoms with Crippen LogP contribution in [0.5, 0.6) is 0 Å². The minimum Gasteiger partial charge on any atom is -0.294 e. The van der Waals surface area contributed by atoms with E-state index < -0.39 is 0 Å². The highest BCUT2D eigenvalue weighted by atomic mass is 16.1. The highest BCUT2D eigenvalue weighted by molar-refractivity contribution is 6.05. The van der Waals surface area contributed by atoms with Gasteiger partial charge in [0.2, 0.25) is 0 Å². The van der Waals surface area contributed by atoms with Gasteiger partial charge in [0, 0.05) is 23.8 Å². The first-order chi connectivity index (χ1) is 12.1. The molecule has 124 valence electrons. The van der Waals surface area contributed by atoms with Crippen molar-refractivity contribution in [3.8, 4) is 0 Å². The maximum atomic E-state index is 12.9. The second-order valence-electron chi connectivity index (χ2n) is 6.22. The number of carbonyl (C=O) groups is 1. The van der Waals surface area contributed by atoms with Crippen LogP contribution in [0.4, 0.5) is 0 Å². The molecule has 4 rings (SSSR count). The Bertz CT molecular complexity index is 1030. The number of aryl methyl sites for hydroxylation is 1. The van der Waals surface area contributed by atoms with E-state index in [1.54, 1.807) is 10.7 Å². The quantitative estimate of drug-likeness (QED) is 0.689. The van der Waals surface area contributed by atoms with Gasteiger partial charge in [-0.2, -0.15) is 5.10 Å². The summed E-state index contributed by atoms with van der Waals surface area (Å²) < 4.78 is 1.65. The fourth-order valence-corrected chi connectivity index (χ4v) is 2.90. The summed E-state index contributed by atoms with van der Waals surface area (Å²) in [5.41, 5.74) is 5.96. The van der Waals surface area contributed by atoms with E-state index in [0.717, 1.165) is 28.1 Å². The van der Waals surface area contributed by atoms with Crippen LogP contribution in [0, 0.1) is 6.92 Å². The molecule has 1 aliphatic rings. The highest BCUT2D eigenvalue weighted by Crippen LogP contribution is 2.23. The predicted octanol–water partition coefficient (Wildman–Crippen LogP) is 2.72. The molecule has 0 spiro atoms. The molecule has 3 aromatic heterocycles. The lowest BCUT2D eigenvalue weighted by Gasteiger charge is -2.08. The van der Waals surface area contributed by atoms with Gasteiger partial charge in [-0.1, -0.05) is 6.07 Å². The summed E-state index contributed by atoms with van der Waals surface area (Å²) in [7, 11) is 0. The normalized spacial score (nSPS) is 13.8. The average molecular weight is 331 g/mol. The van der Waals surface area contributed by atoms with Gasteiger partial charge in [-0.3, -0.25) is 14.8 Å². The Labute approximate surface area is 145 Å². The van der Waals surface area contributed by atoms with Gasteiger partial charge in [0.15, 0.2) is 11.4 Å². The number of nitrogens with zero attached hydrogens (tertiary/aromatic N) is 5. The fourth-order valence-electron chi connectivity index (χ4n) is 2.90. The van der Waals surface area contributed by atoms with E-state index in [1.807, 2.05) is 44.3 Å². The smallest absolute Gasteiger partial charge is 0.172 e. The molecule has 0 bridgehead atoms. The van der Waals surface area contributed by atoms with Gasteiger partial charge in [0.25, 0.3) is 0 Å². The number of aromatic nitrogens is 4. The Morgan fingerprint density at radius 1 is 1.24 bits per heavy atom. The van der Waals surface area contributed by atoms with E-state index in [0.29, 0.717) is 17.8 Å². The van der Waals surface area contributed by atoms with Crippen LogP contribution in [-0.4, -0.2) is 37.6 Å². The maximum absolute atomic E-state index is 12.9. The van der Waals surface area contributed by atoms with Crippen molar-refractivity contribution in [3.63, 3.8) is 0 Å². The van der Waals surface area contributed by atoms with Crippen LogP contribution >= 0.6 is 0 Å². The molecule has 6 heteroatoms. The molecule has 25 heavy (non-hydrogen) atoms. The van der Waals surface area contributed by atoms with Gasteiger partial charge in [-0.05, 0) is 48.8 Å². The zero-order valence-corrected chi connectivity index (χ0v) is 14.1. The van der Waals surface area contributed by atoms with Gasteiger partial charge in [0.1, 0.15) is 6.33 Å². The lowest BCUT2D eigenvalue weighted by atomic mass is 10.0. The van der Waals surface area contributed by atoms with E-state index in [2.05, 4.69) is 20.1 Å². The molecule has 0 N–H and O–H groups in total. The summed E-state index contributed by atoms with van der Waals surface area (Å²) in [6, 6.07) is 5.73. The number of Topliss-reactive ketones (excluding diaryl/α,β-unsaturated/α-hetero) is 1. The van der Waals surface area contributed by atoms with Crippen LogP contribution in [0.2, 0.25) is 0 Å². The lowest BCUT2D eigenvalue weighted by Crippen LogP contribution is -2.09. The van der Waals surface area contributed by atoms with Gasteiger partial charge in [0.05, 0.1) is 18.5 Å². The lowest BCUT2D eigenvalue weighted by molar-refractivity contribution is 0.0993. The molecule has 0 saturated heterocycles. The summed E-state index contributed by atoms with van der Waals surface area (Å²) in [6.07, 6.45) is 7.40. The van der Waals surface area contributed by atoms with E-state index >= 15 is 0 Å². The van der Waals surface area contributed by atoms with Gasteiger partial charge < -0.3 is 0 Å².